The number of rotatable bonds is 6. The Hall–Kier alpha value is -1.71. The Bertz CT molecular complexity index is 916. The number of aliphatic hydroxyl groups excluding tert-OH is 3. The summed E-state index contributed by atoms with van der Waals surface area (Å²) in [6, 6.07) is 13.4. The molecule has 180 valence electrons. The Morgan fingerprint density at radius 1 is 1.00 bits per heavy atom. The molecule has 0 aliphatic carbocycles. The van der Waals surface area contributed by atoms with E-state index in [2.05, 4.69) is 11.9 Å². The fourth-order valence-electron chi connectivity index (χ4n) is 4.43. The van der Waals surface area contributed by atoms with Gasteiger partial charge in [0.05, 0.1) is 0 Å². The zero-order valence-corrected chi connectivity index (χ0v) is 19.7. The van der Waals surface area contributed by atoms with Crippen LogP contribution < -0.4 is 4.74 Å². The molecule has 2 aromatic rings. The molecule has 2 aromatic carbocycles. The summed E-state index contributed by atoms with van der Waals surface area (Å²) < 4.78 is 17.0. The molecule has 2 aliphatic heterocycles. The van der Waals surface area contributed by atoms with Gasteiger partial charge in [-0.25, -0.2) is 0 Å². The lowest BCUT2D eigenvalue weighted by Crippen LogP contribution is -2.54. The van der Waals surface area contributed by atoms with Crippen molar-refractivity contribution in [3.05, 3.63) is 64.2 Å². The van der Waals surface area contributed by atoms with E-state index < -0.39 is 30.7 Å². The SMILES string of the molecule is COC1O[C@@H](c2ccc(Cl)c(Cc3ccc(OC4CCN(C)CC4)cc3)c2)[C@H](O)[C@@H](O)[C@@H]1O. The molecule has 0 amide bonds. The normalized spacial score (nSPS) is 29.2. The Morgan fingerprint density at radius 2 is 1.70 bits per heavy atom. The van der Waals surface area contributed by atoms with E-state index in [1.807, 2.05) is 30.3 Å². The average Bonchev–Trinajstić information content (AvgIpc) is 2.82. The summed E-state index contributed by atoms with van der Waals surface area (Å²) in [7, 11) is 3.51. The highest BCUT2D eigenvalue weighted by Gasteiger charge is 2.44. The van der Waals surface area contributed by atoms with Crippen LogP contribution in [0.15, 0.2) is 42.5 Å². The number of methoxy groups -OCH3 is 1. The monoisotopic (exact) mass is 477 g/mol. The number of halogens is 1. The topological polar surface area (TPSA) is 91.6 Å². The van der Waals surface area contributed by atoms with Crippen molar-refractivity contribution in [3.63, 3.8) is 0 Å². The van der Waals surface area contributed by atoms with Crippen LogP contribution in [0, 0.1) is 0 Å². The van der Waals surface area contributed by atoms with Crippen LogP contribution in [0.2, 0.25) is 5.02 Å². The minimum atomic E-state index is -1.38. The standard InChI is InChI=1S/C25H32ClNO6/c1-27-11-9-19(10-12-27)32-18-6-3-15(4-7-18)13-17-14-16(5-8-20(17)26)24-22(29)21(28)23(30)25(31-2)33-24/h3-8,14,19,21-25,28-30H,9-13H2,1-2H3/t21-,22-,23+,24+,25?/m1/s1. The molecule has 0 radical (unpaired) electrons. The van der Waals surface area contributed by atoms with Crippen LogP contribution in [-0.2, 0) is 15.9 Å². The predicted molar refractivity (Wildman–Crippen MR) is 124 cm³/mol. The van der Waals surface area contributed by atoms with Crippen molar-refractivity contribution < 1.29 is 29.5 Å². The van der Waals surface area contributed by atoms with Crippen molar-refractivity contribution in [3.8, 4) is 5.75 Å². The maximum Gasteiger partial charge on any atom is 0.186 e. The summed E-state index contributed by atoms with van der Waals surface area (Å²) in [5, 5.41) is 31.3. The zero-order chi connectivity index (χ0) is 23.5. The van der Waals surface area contributed by atoms with E-state index in [0.717, 1.165) is 42.8 Å². The third kappa shape index (κ3) is 5.69. The number of hydrogen-bond donors (Lipinski definition) is 3. The molecule has 2 aliphatic rings. The molecule has 2 fully saturated rings. The van der Waals surface area contributed by atoms with E-state index in [4.69, 9.17) is 25.8 Å². The van der Waals surface area contributed by atoms with E-state index in [9.17, 15) is 15.3 Å². The molecule has 5 atom stereocenters. The van der Waals surface area contributed by atoms with Gasteiger partial charge in [-0.2, -0.15) is 0 Å². The molecule has 0 aromatic heterocycles. The Labute approximate surface area is 199 Å². The van der Waals surface area contributed by atoms with E-state index >= 15 is 0 Å². The van der Waals surface area contributed by atoms with Gasteiger partial charge in [-0.15, -0.1) is 0 Å². The number of piperidine rings is 1. The molecule has 0 bridgehead atoms. The third-order valence-electron chi connectivity index (χ3n) is 6.49. The highest BCUT2D eigenvalue weighted by Crippen LogP contribution is 2.34. The molecule has 33 heavy (non-hydrogen) atoms. The Balaban J connectivity index is 1.45. The van der Waals surface area contributed by atoms with Gasteiger partial charge < -0.3 is 34.4 Å². The maximum absolute atomic E-state index is 10.5. The molecular weight excluding hydrogens is 446 g/mol. The predicted octanol–water partition coefficient (Wildman–Crippen LogP) is 2.53. The molecule has 1 unspecified atom stereocenters. The summed E-state index contributed by atoms with van der Waals surface area (Å²) in [5.74, 6) is 0.866. The van der Waals surface area contributed by atoms with Gasteiger partial charge in [-0.3, -0.25) is 0 Å². The van der Waals surface area contributed by atoms with Crippen LogP contribution in [0.5, 0.6) is 5.75 Å². The van der Waals surface area contributed by atoms with Crippen molar-refractivity contribution in [2.24, 2.45) is 0 Å². The zero-order valence-electron chi connectivity index (χ0n) is 18.9. The van der Waals surface area contributed by atoms with Gasteiger partial charge in [0.2, 0.25) is 0 Å². The van der Waals surface area contributed by atoms with Crippen LogP contribution in [0.3, 0.4) is 0 Å². The van der Waals surface area contributed by atoms with Crippen molar-refractivity contribution in [2.45, 2.75) is 56.1 Å². The second-order valence-corrected chi connectivity index (χ2v) is 9.33. The van der Waals surface area contributed by atoms with Gasteiger partial charge in [0.1, 0.15) is 36.3 Å². The van der Waals surface area contributed by atoms with Crippen molar-refractivity contribution in [1.29, 1.82) is 0 Å². The Morgan fingerprint density at radius 3 is 2.36 bits per heavy atom. The maximum atomic E-state index is 10.5. The van der Waals surface area contributed by atoms with Crippen LogP contribution in [-0.4, -0.2) is 78.2 Å². The fraction of sp³-hybridized carbons (Fsp3) is 0.520. The summed E-state index contributed by atoms with van der Waals surface area (Å²) in [4.78, 5) is 2.32. The van der Waals surface area contributed by atoms with Crippen LogP contribution in [0.4, 0.5) is 0 Å². The first-order valence-electron chi connectivity index (χ1n) is 11.3. The van der Waals surface area contributed by atoms with Crippen molar-refractivity contribution >= 4 is 11.6 Å². The second-order valence-electron chi connectivity index (χ2n) is 8.92. The molecule has 7 nitrogen and oxygen atoms in total. The van der Waals surface area contributed by atoms with E-state index in [1.165, 1.54) is 7.11 Å². The molecule has 3 N–H and O–H groups in total. The number of nitrogens with zero attached hydrogens (tertiary/aromatic N) is 1. The number of aliphatic hydroxyl groups is 3. The number of ether oxygens (including phenoxy) is 3. The second kappa shape index (κ2) is 10.7. The Kier molecular flexibility index (Phi) is 7.91. The van der Waals surface area contributed by atoms with Gasteiger partial charge in [0, 0.05) is 25.2 Å². The molecule has 2 heterocycles. The number of likely N-dealkylation sites (tertiary alicyclic amines) is 1. The van der Waals surface area contributed by atoms with Gasteiger partial charge in [0.25, 0.3) is 0 Å². The lowest BCUT2D eigenvalue weighted by molar-refractivity contribution is -0.292. The van der Waals surface area contributed by atoms with Gasteiger partial charge in [-0.1, -0.05) is 35.9 Å². The van der Waals surface area contributed by atoms with E-state index in [0.29, 0.717) is 17.0 Å². The molecule has 0 spiro atoms. The first-order chi connectivity index (χ1) is 15.9. The molecule has 4 rings (SSSR count). The summed E-state index contributed by atoms with van der Waals surface area (Å²) in [6.45, 7) is 2.11. The van der Waals surface area contributed by atoms with Crippen LogP contribution in [0.1, 0.15) is 35.6 Å². The summed E-state index contributed by atoms with van der Waals surface area (Å²) >= 11 is 6.46. The first-order valence-corrected chi connectivity index (χ1v) is 11.7. The van der Waals surface area contributed by atoms with E-state index in [-0.39, 0.29) is 6.10 Å². The molecule has 2 saturated heterocycles. The molecule has 0 saturated carbocycles. The highest BCUT2D eigenvalue weighted by molar-refractivity contribution is 6.31. The smallest absolute Gasteiger partial charge is 0.186 e. The molecular formula is C25H32ClNO6. The first kappa shape index (κ1) is 24.4. The largest absolute Gasteiger partial charge is 0.490 e. The molecule has 8 heteroatoms. The summed E-state index contributed by atoms with van der Waals surface area (Å²) in [6.07, 6.45) is -2.99. The highest BCUT2D eigenvalue weighted by atomic mass is 35.5. The number of hydrogen-bond acceptors (Lipinski definition) is 7. The van der Waals surface area contributed by atoms with Crippen molar-refractivity contribution in [2.75, 3.05) is 27.2 Å². The van der Waals surface area contributed by atoms with Gasteiger partial charge >= 0.3 is 0 Å². The summed E-state index contributed by atoms with van der Waals surface area (Å²) in [5.41, 5.74) is 2.58. The van der Waals surface area contributed by atoms with Gasteiger partial charge in [0.15, 0.2) is 6.29 Å². The third-order valence-corrected chi connectivity index (χ3v) is 6.86. The van der Waals surface area contributed by atoms with Gasteiger partial charge in [-0.05, 0) is 61.2 Å². The van der Waals surface area contributed by atoms with Crippen LogP contribution in [0.25, 0.3) is 0 Å². The fourth-order valence-corrected chi connectivity index (χ4v) is 4.61. The van der Waals surface area contributed by atoms with E-state index in [1.54, 1.807) is 12.1 Å². The lowest BCUT2D eigenvalue weighted by Gasteiger charge is -2.40. The van der Waals surface area contributed by atoms with Crippen LogP contribution >= 0.6 is 11.6 Å². The quantitative estimate of drug-likeness (QED) is 0.588. The number of benzene rings is 2. The minimum absolute atomic E-state index is 0.255. The average molecular weight is 478 g/mol. The van der Waals surface area contributed by atoms with Crippen molar-refractivity contribution in [1.82, 2.24) is 4.90 Å². The minimum Gasteiger partial charge on any atom is -0.490 e. The lowest BCUT2D eigenvalue weighted by atomic mass is 9.92.